The highest BCUT2D eigenvalue weighted by molar-refractivity contribution is 7.99. The van der Waals surface area contributed by atoms with Crippen LogP contribution in [0.1, 0.15) is 18.5 Å². The minimum absolute atomic E-state index is 0.268. The Balaban J connectivity index is 1.50. The summed E-state index contributed by atoms with van der Waals surface area (Å²) in [6.07, 6.45) is 5.29. The molecule has 5 nitrogen and oxygen atoms in total. The maximum atomic E-state index is 5.84. The molecule has 1 aliphatic heterocycles. The average Bonchev–Trinajstić information content (AvgIpc) is 3.39. The first-order chi connectivity index (χ1) is 12.4. The molecular weight excluding hydrogens is 352 g/mol. The van der Waals surface area contributed by atoms with Crippen molar-refractivity contribution in [2.75, 3.05) is 12.4 Å². The summed E-state index contributed by atoms with van der Waals surface area (Å²) >= 11 is 3.44. The van der Waals surface area contributed by atoms with E-state index in [-0.39, 0.29) is 6.10 Å². The van der Waals surface area contributed by atoms with E-state index in [2.05, 4.69) is 43.3 Å². The van der Waals surface area contributed by atoms with Crippen molar-refractivity contribution in [1.82, 2.24) is 19.7 Å². The highest BCUT2D eigenvalue weighted by Gasteiger charge is 2.22. The topological polar surface area (TPSA) is 52.8 Å². The highest BCUT2D eigenvalue weighted by atomic mass is 32.2. The lowest BCUT2D eigenvalue weighted by molar-refractivity contribution is 0.0953. The van der Waals surface area contributed by atoms with Crippen LogP contribution in [0.4, 0.5) is 0 Å². The SMILES string of the molecule is c1ccc(CCSc2nnc(-c3cccs3)n2CC2CCCO2)nc1. The monoisotopic (exact) mass is 372 g/mol. The van der Waals surface area contributed by atoms with Crippen molar-refractivity contribution < 1.29 is 4.74 Å². The first-order valence-corrected chi connectivity index (χ1v) is 10.4. The van der Waals surface area contributed by atoms with Crippen molar-refractivity contribution >= 4 is 23.1 Å². The lowest BCUT2D eigenvalue weighted by Crippen LogP contribution is -2.16. The Bertz CT molecular complexity index is 783. The van der Waals surface area contributed by atoms with Crippen LogP contribution >= 0.6 is 23.1 Å². The van der Waals surface area contributed by atoms with E-state index < -0.39 is 0 Å². The molecule has 3 aromatic heterocycles. The van der Waals surface area contributed by atoms with E-state index in [4.69, 9.17) is 4.74 Å². The minimum atomic E-state index is 0.268. The van der Waals surface area contributed by atoms with Crippen LogP contribution in [0, 0.1) is 0 Å². The molecule has 0 spiro atoms. The Hall–Kier alpha value is -1.70. The molecule has 130 valence electrons. The zero-order valence-corrected chi connectivity index (χ0v) is 15.5. The van der Waals surface area contributed by atoms with E-state index >= 15 is 0 Å². The lowest BCUT2D eigenvalue weighted by Gasteiger charge is -2.14. The third-order valence-corrected chi connectivity index (χ3v) is 6.02. The summed E-state index contributed by atoms with van der Waals surface area (Å²) in [4.78, 5) is 5.54. The molecule has 1 atom stereocenters. The van der Waals surface area contributed by atoms with E-state index in [1.165, 1.54) is 0 Å². The Kier molecular flexibility index (Phi) is 5.44. The minimum Gasteiger partial charge on any atom is -0.376 e. The summed E-state index contributed by atoms with van der Waals surface area (Å²) < 4.78 is 8.06. The first-order valence-electron chi connectivity index (χ1n) is 8.51. The number of pyridine rings is 1. The van der Waals surface area contributed by atoms with Crippen molar-refractivity contribution in [3.8, 4) is 10.7 Å². The Labute approximate surface area is 155 Å². The van der Waals surface area contributed by atoms with Gasteiger partial charge in [0.25, 0.3) is 0 Å². The largest absolute Gasteiger partial charge is 0.376 e. The van der Waals surface area contributed by atoms with Gasteiger partial charge in [0.05, 0.1) is 17.5 Å². The van der Waals surface area contributed by atoms with Gasteiger partial charge in [-0.15, -0.1) is 21.5 Å². The van der Waals surface area contributed by atoms with Crippen LogP contribution < -0.4 is 0 Å². The van der Waals surface area contributed by atoms with Crippen molar-refractivity contribution in [3.05, 3.63) is 47.6 Å². The van der Waals surface area contributed by atoms with E-state index in [9.17, 15) is 0 Å². The number of aryl methyl sites for hydroxylation is 1. The maximum absolute atomic E-state index is 5.84. The summed E-state index contributed by atoms with van der Waals surface area (Å²) in [7, 11) is 0. The fraction of sp³-hybridized carbons (Fsp3) is 0.389. The lowest BCUT2D eigenvalue weighted by atomic mass is 10.2. The summed E-state index contributed by atoms with van der Waals surface area (Å²) in [6.45, 7) is 1.69. The molecule has 4 rings (SSSR count). The molecule has 1 saturated heterocycles. The van der Waals surface area contributed by atoms with Crippen molar-refractivity contribution in [2.24, 2.45) is 0 Å². The van der Waals surface area contributed by atoms with Crippen LogP contribution in [-0.4, -0.2) is 38.2 Å². The Morgan fingerprint density at radius 3 is 3.00 bits per heavy atom. The van der Waals surface area contributed by atoms with Gasteiger partial charge < -0.3 is 4.74 Å². The standard InChI is InChI=1S/C18H20N4OS2/c1-2-9-19-14(5-1)8-12-25-18-21-20-17(16-7-4-11-24-16)22(18)13-15-6-3-10-23-15/h1-2,4-5,7,9,11,15H,3,6,8,10,12-13H2. The van der Waals surface area contributed by atoms with Crippen LogP contribution in [0.2, 0.25) is 0 Å². The smallest absolute Gasteiger partial charge is 0.191 e. The van der Waals surface area contributed by atoms with Crippen LogP contribution in [-0.2, 0) is 17.7 Å². The summed E-state index contributed by atoms with van der Waals surface area (Å²) in [6, 6.07) is 10.2. The van der Waals surface area contributed by atoms with Crippen LogP contribution in [0.25, 0.3) is 10.7 Å². The van der Waals surface area contributed by atoms with E-state index in [1.807, 2.05) is 18.3 Å². The normalized spacial score (nSPS) is 17.2. The van der Waals surface area contributed by atoms with Gasteiger partial charge in [0.1, 0.15) is 0 Å². The van der Waals surface area contributed by atoms with Crippen LogP contribution in [0.3, 0.4) is 0 Å². The zero-order valence-electron chi connectivity index (χ0n) is 13.9. The second-order valence-electron chi connectivity index (χ2n) is 5.95. The molecule has 1 fully saturated rings. The number of thiophene rings is 1. The molecule has 3 aromatic rings. The molecule has 7 heteroatoms. The zero-order chi connectivity index (χ0) is 16.9. The number of aromatic nitrogens is 4. The second-order valence-corrected chi connectivity index (χ2v) is 7.96. The first kappa shape index (κ1) is 16.8. The number of ether oxygens (including phenoxy) is 1. The molecule has 0 aliphatic carbocycles. The van der Waals surface area contributed by atoms with Crippen LogP contribution in [0.15, 0.2) is 47.1 Å². The van der Waals surface area contributed by atoms with E-state index in [0.717, 1.165) is 59.7 Å². The fourth-order valence-corrected chi connectivity index (χ4v) is 4.56. The third kappa shape index (κ3) is 4.11. The molecule has 4 heterocycles. The van der Waals surface area contributed by atoms with Gasteiger partial charge in [-0.2, -0.15) is 0 Å². The van der Waals surface area contributed by atoms with Gasteiger partial charge in [0, 0.05) is 24.3 Å². The number of rotatable bonds is 7. The average molecular weight is 373 g/mol. The quantitative estimate of drug-likeness (QED) is 0.589. The van der Waals surface area contributed by atoms with Crippen molar-refractivity contribution in [3.63, 3.8) is 0 Å². The summed E-state index contributed by atoms with van der Waals surface area (Å²) in [5.74, 6) is 1.89. The van der Waals surface area contributed by atoms with Gasteiger partial charge >= 0.3 is 0 Å². The molecular formula is C18H20N4OS2. The van der Waals surface area contributed by atoms with Crippen molar-refractivity contribution in [2.45, 2.75) is 37.1 Å². The van der Waals surface area contributed by atoms with Gasteiger partial charge in [-0.1, -0.05) is 23.9 Å². The van der Waals surface area contributed by atoms with Crippen LogP contribution in [0.5, 0.6) is 0 Å². The van der Waals surface area contributed by atoms with Crippen molar-refractivity contribution in [1.29, 1.82) is 0 Å². The highest BCUT2D eigenvalue weighted by Crippen LogP contribution is 2.29. The third-order valence-electron chi connectivity index (χ3n) is 4.18. The number of hydrogen-bond acceptors (Lipinski definition) is 6. The van der Waals surface area contributed by atoms with Gasteiger partial charge in [0.15, 0.2) is 11.0 Å². The molecule has 0 aromatic carbocycles. The molecule has 0 N–H and O–H groups in total. The Morgan fingerprint density at radius 1 is 1.24 bits per heavy atom. The van der Waals surface area contributed by atoms with Gasteiger partial charge in [0.2, 0.25) is 0 Å². The van der Waals surface area contributed by atoms with E-state index in [0.29, 0.717) is 0 Å². The van der Waals surface area contributed by atoms with Gasteiger partial charge in [-0.3, -0.25) is 9.55 Å². The molecule has 0 saturated carbocycles. The maximum Gasteiger partial charge on any atom is 0.191 e. The Morgan fingerprint density at radius 2 is 2.24 bits per heavy atom. The predicted octanol–water partition coefficient (Wildman–Crippen LogP) is 3.92. The number of nitrogens with zero attached hydrogens (tertiary/aromatic N) is 4. The molecule has 1 unspecified atom stereocenters. The summed E-state index contributed by atoms with van der Waals surface area (Å²) in [5.41, 5.74) is 1.11. The van der Waals surface area contributed by atoms with E-state index in [1.54, 1.807) is 23.1 Å². The van der Waals surface area contributed by atoms with Gasteiger partial charge in [-0.25, -0.2) is 0 Å². The summed E-state index contributed by atoms with van der Waals surface area (Å²) in [5, 5.41) is 12.0. The fourth-order valence-electron chi connectivity index (χ4n) is 2.93. The number of thioether (sulfide) groups is 1. The molecule has 25 heavy (non-hydrogen) atoms. The predicted molar refractivity (Wildman–Crippen MR) is 101 cm³/mol. The second kappa shape index (κ2) is 8.12. The molecule has 0 radical (unpaired) electrons. The molecule has 1 aliphatic rings. The van der Waals surface area contributed by atoms with Gasteiger partial charge in [-0.05, 0) is 42.8 Å². The number of hydrogen-bond donors (Lipinski definition) is 0. The molecule has 0 bridgehead atoms. The molecule has 0 amide bonds.